The summed E-state index contributed by atoms with van der Waals surface area (Å²) < 4.78 is 5.52. The Kier molecular flexibility index (Phi) is 9.91. The fourth-order valence-electron chi connectivity index (χ4n) is 2.28. The monoisotopic (exact) mass is 404 g/mol. The third kappa shape index (κ3) is 9.39. The van der Waals surface area contributed by atoms with Crippen LogP contribution in [0.1, 0.15) is 23.7 Å². The number of amides is 1. The number of carbonyl (C=O) groups excluding carboxylic acids is 2. The van der Waals surface area contributed by atoms with E-state index in [0.717, 1.165) is 13.0 Å². The SMILES string of the molecule is CC(=O)N(C)CC#CCN1CCC(OC(=O)c2ccccc2)C1.O=C(O)C(=O)O. The fraction of sp³-hybridized carbons (Fsp3) is 0.400. The van der Waals surface area contributed by atoms with Gasteiger partial charge in [-0.25, -0.2) is 14.4 Å². The lowest BCUT2D eigenvalue weighted by Crippen LogP contribution is -2.26. The molecule has 1 aromatic rings. The van der Waals surface area contributed by atoms with E-state index in [-0.39, 0.29) is 18.0 Å². The van der Waals surface area contributed by atoms with Gasteiger partial charge in [0.2, 0.25) is 5.91 Å². The van der Waals surface area contributed by atoms with Gasteiger partial charge >= 0.3 is 17.9 Å². The maximum atomic E-state index is 12.0. The van der Waals surface area contributed by atoms with Crippen molar-refractivity contribution in [3.05, 3.63) is 35.9 Å². The van der Waals surface area contributed by atoms with Gasteiger partial charge in [-0.2, -0.15) is 0 Å². The van der Waals surface area contributed by atoms with Crippen LogP contribution in [0.4, 0.5) is 0 Å². The molecule has 0 saturated carbocycles. The predicted octanol–water partition coefficient (Wildman–Crippen LogP) is 0.555. The summed E-state index contributed by atoms with van der Waals surface area (Å²) in [7, 11) is 1.73. The molecule has 0 spiro atoms. The quantitative estimate of drug-likeness (QED) is 0.424. The van der Waals surface area contributed by atoms with Gasteiger partial charge in [-0.05, 0) is 18.6 Å². The van der Waals surface area contributed by atoms with Crippen molar-refractivity contribution < 1.29 is 34.1 Å². The number of benzene rings is 1. The van der Waals surface area contributed by atoms with Crippen LogP contribution in [0.2, 0.25) is 0 Å². The third-order valence-electron chi connectivity index (χ3n) is 3.98. The van der Waals surface area contributed by atoms with Crippen molar-refractivity contribution in [1.82, 2.24) is 9.80 Å². The van der Waals surface area contributed by atoms with Crippen molar-refractivity contribution in [2.24, 2.45) is 0 Å². The molecule has 1 heterocycles. The van der Waals surface area contributed by atoms with Crippen molar-refractivity contribution in [2.75, 3.05) is 33.2 Å². The second-order valence-electron chi connectivity index (χ2n) is 6.26. The molecule has 9 nitrogen and oxygen atoms in total. The molecule has 0 aliphatic carbocycles. The van der Waals surface area contributed by atoms with E-state index < -0.39 is 11.9 Å². The molecule has 9 heteroatoms. The van der Waals surface area contributed by atoms with Crippen molar-refractivity contribution in [1.29, 1.82) is 0 Å². The molecule has 156 valence electrons. The molecule has 1 fully saturated rings. The van der Waals surface area contributed by atoms with Crippen LogP contribution < -0.4 is 0 Å². The maximum Gasteiger partial charge on any atom is 0.414 e. The highest BCUT2D eigenvalue weighted by molar-refractivity contribution is 6.27. The first-order valence-electron chi connectivity index (χ1n) is 8.82. The van der Waals surface area contributed by atoms with Crippen molar-refractivity contribution in [3.8, 4) is 11.8 Å². The summed E-state index contributed by atoms with van der Waals surface area (Å²) in [5.74, 6) is 2.13. The van der Waals surface area contributed by atoms with Crippen LogP contribution in [0.25, 0.3) is 0 Å². The van der Waals surface area contributed by atoms with Gasteiger partial charge in [0.05, 0.1) is 18.7 Å². The molecule has 1 amide bonds. The lowest BCUT2D eigenvalue weighted by molar-refractivity contribution is -0.159. The smallest absolute Gasteiger partial charge is 0.414 e. The summed E-state index contributed by atoms with van der Waals surface area (Å²) in [6.45, 7) is 4.16. The second-order valence-corrected chi connectivity index (χ2v) is 6.26. The number of ether oxygens (including phenoxy) is 1. The molecular weight excluding hydrogens is 380 g/mol. The average Bonchev–Trinajstić information content (AvgIpc) is 3.13. The summed E-state index contributed by atoms with van der Waals surface area (Å²) >= 11 is 0. The predicted molar refractivity (Wildman–Crippen MR) is 103 cm³/mol. The Bertz CT molecular complexity index is 771. The van der Waals surface area contributed by atoms with Crippen LogP contribution in [-0.2, 0) is 19.1 Å². The first-order chi connectivity index (χ1) is 13.7. The van der Waals surface area contributed by atoms with Crippen molar-refractivity contribution in [3.63, 3.8) is 0 Å². The number of rotatable bonds is 4. The highest BCUT2D eigenvalue weighted by atomic mass is 16.5. The summed E-state index contributed by atoms with van der Waals surface area (Å²) in [6, 6.07) is 9.03. The normalized spacial score (nSPS) is 15.2. The van der Waals surface area contributed by atoms with Gasteiger partial charge < -0.3 is 19.8 Å². The molecule has 1 aliphatic rings. The lowest BCUT2D eigenvalue weighted by atomic mass is 10.2. The average molecular weight is 404 g/mol. The molecule has 0 bridgehead atoms. The molecule has 29 heavy (non-hydrogen) atoms. The summed E-state index contributed by atoms with van der Waals surface area (Å²) in [5, 5.41) is 14.8. The minimum Gasteiger partial charge on any atom is -0.473 e. The minimum absolute atomic E-state index is 0.00774. The summed E-state index contributed by atoms with van der Waals surface area (Å²) in [5.41, 5.74) is 0.581. The Morgan fingerprint density at radius 1 is 1.14 bits per heavy atom. The Hall–Kier alpha value is -3.38. The van der Waals surface area contributed by atoms with Crippen LogP contribution in [0.5, 0.6) is 0 Å². The first-order valence-corrected chi connectivity index (χ1v) is 8.82. The van der Waals surface area contributed by atoms with E-state index in [9.17, 15) is 9.59 Å². The molecule has 0 aromatic heterocycles. The Morgan fingerprint density at radius 3 is 2.31 bits per heavy atom. The highest BCUT2D eigenvalue weighted by Gasteiger charge is 2.25. The number of likely N-dealkylation sites (tertiary alicyclic amines) is 1. The number of carboxylic acid groups (broad SMARTS) is 2. The van der Waals surface area contributed by atoms with E-state index in [2.05, 4.69) is 16.7 Å². The molecule has 1 aliphatic heterocycles. The highest BCUT2D eigenvalue weighted by Crippen LogP contribution is 2.14. The zero-order valence-electron chi connectivity index (χ0n) is 16.3. The molecule has 2 rings (SSSR count). The largest absolute Gasteiger partial charge is 0.473 e. The molecular formula is C20H24N2O7. The number of hydrogen-bond acceptors (Lipinski definition) is 6. The Labute approximate surface area is 168 Å². The second kappa shape index (κ2) is 12.2. The maximum absolute atomic E-state index is 12.0. The summed E-state index contributed by atoms with van der Waals surface area (Å²) in [6.07, 6.45) is 0.748. The minimum atomic E-state index is -1.82. The molecule has 1 unspecified atom stereocenters. The van der Waals surface area contributed by atoms with Crippen molar-refractivity contribution >= 4 is 23.8 Å². The lowest BCUT2D eigenvalue weighted by Gasteiger charge is -2.14. The van der Waals surface area contributed by atoms with Gasteiger partial charge in [0, 0.05) is 27.1 Å². The topological polar surface area (TPSA) is 124 Å². The fourth-order valence-corrected chi connectivity index (χ4v) is 2.28. The van der Waals surface area contributed by atoms with E-state index in [1.807, 2.05) is 18.2 Å². The van der Waals surface area contributed by atoms with E-state index >= 15 is 0 Å². The number of aliphatic carboxylic acids is 2. The van der Waals surface area contributed by atoms with E-state index in [1.165, 1.54) is 6.92 Å². The Balaban J connectivity index is 0.000000612. The van der Waals surface area contributed by atoms with Crippen molar-refractivity contribution in [2.45, 2.75) is 19.4 Å². The van der Waals surface area contributed by atoms with Crippen LogP contribution in [0.3, 0.4) is 0 Å². The van der Waals surface area contributed by atoms with Gasteiger partial charge in [0.15, 0.2) is 0 Å². The van der Waals surface area contributed by atoms with E-state index in [0.29, 0.717) is 25.2 Å². The zero-order valence-corrected chi connectivity index (χ0v) is 16.3. The van der Waals surface area contributed by atoms with Crippen LogP contribution in [-0.4, -0.2) is 83.2 Å². The van der Waals surface area contributed by atoms with Gasteiger partial charge in [-0.3, -0.25) is 9.69 Å². The first kappa shape index (κ1) is 23.7. The van der Waals surface area contributed by atoms with E-state index in [1.54, 1.807) is 24.1 Å². The molecule has 2 N–H and O–H groups in total. The van der Waals surface area contributed by atoms with Crippen LogP contribution in [0.15, 0.2) is 30.3 Å². The van der Waals surface area contributed by atoms with Gasteiger partial charge in [0.25, 0.3) is 0 Å². The van der Waals surface area contributed by atoms with Gasteiger partial charge in [-0.15, -0.1) is 0 Å². The zero-order chi connectivity index (χ0) is 21.8. The van der Waals surface area contributed by atoms with Gasteiger partial charge in [-0.1, -0.05) is 30.0 Å². The molecule has 1 saturated heterocycles. The molecule has 1 aromatic carbocycles. The number of carboxylic acids is 2. The number of esters is 1. The number of hydrogen-bond donors (Lipinski definition) is 2. The van der Waals surface area contributed by atoms with Crippen LogP contribution >= 0.6 is 0 Å². The third-order valence-corrected chi connectivity index (χ3v) is 3.98. The summed E-state index contributed by atoms with van der Waals surface area (Å²) in [4.78, 5) is 45.0. The van der Waals surface area contributed by atoms with Crippen LogP contribution in [0, 0.1) is 11.8 Å². The van der Waals surface area contributed by atoms with Gasteiger partial charge in [0.1, 0.15) is 6.10 Å². The molecule has 1 atom stereocenters. The number of nitrogens with zero attached hydrogens (tertiary/aromatic N) is 2. The number of carbonyl (C=O) groups is 4. The van der Waals surface area contributed by atoms with E-state index in [4.69, 9.17) is 24.5 Å². The standard InChI is InChI=1S/C18H22N2O3.C2H2O4/c1-15(21)19(2)11-6-7-12-20-13-10-17(14-20)23-18(22)16-8-4-3-5-9-16;3-1(4)2(5)6/h3-5,8-9,17H,10-14H2,1-2H3;(H,3,4)(H,5,6). The Morgan fingerprint density at radius 2 is 1.76 bits per heavy atom. The molecule has 0 radical (unpaired) electrons.